The van der Waals surface area contributed by atoms with Crippen molar-refractivity contribution in [3.8, 4) is 0 Å². The molecular formula is C16H20FN3OS. The first-order valence-corrected chi connectivity index (χ1v) is 8.19. The molecule has 1 aromatic heterocycles. The summed E-state index contributed by atoms with van der Waals surface area (Å²) in [4.78, 5) is 18.8. The molecule has 6 heteroatoms. The number of nitrogens with zero attached hydrogens (tertiary/aromatic N) is 2. The average Bonchev–Trinajstić information content (AvgIpc) is 2.98. The Labute approximate surface area is 134 Å². The molecule has 0 radical (unpaired) electrons. The van der Waals surface area contributed by atoms with E-state index in [1.807, 2.05) is 5.38 Å². The lowest BCUT2D eigenvalue weighted by atomic mass is 10.2. The number of rotatable bonds is 7. The molecule has 0 saturated heterocycles. The third-order valence-electron chi connectivity index (χ3n) is 3.39. The zero-order valence-electron chi connectivity index (χ0n) is 12.8. The summed E-state index contributed by atoms with van der Waals surface area (Å²) in [5, 5.41) is 5.70. The van der Waals surface area contributed by atoms with E-state index in [4.69, 9.17) is 0 Å². The van der Waals surface area contributed by atoms with Gasteiger partial charge in [0.1, 0.15) is 10.8 Å². The van der Waals surface area contributed by atoms with Crippen molar-refractivity contribution in [3.63, 3.8) is 0 Å². The molecule has 0 bridgehead atoms. The van der Waals surface area contributed by atoms with Gasteiger partial charge in [-0.05, 0) is 37.4 Å². The molecule has 0 aliphatic rings. The number of carbonyl (C=O) groups excluding carboxylic acids is 1. The van der Waals surface area contributed by atoms with Crippen LogP contribution >= 0.6 is 11.3 Å². The van der Waals surface area contributed by atoms with E-state index < -0.39 is 0 Å². The Kier molecular flexibility index (Phi) is 6.03. The van der Waals surface area contributed by atoms with E-state index in [2.05, 4.69) is 29.0 Å². The van der Waals surface area contributed by atoms with Crippen LogP contribution in [-0.4, -0.2) is 28.9 Å². The molecule has 1 aromatic carbocycles. The van der Waals surface area contributed by atoms with Crippen LogP contribution in [0.4, 0.5) is 4.39 Å². The van der Waals surface area contributed by atoms with Crippen LogP contribution in [0.3, 0.4) is 0 Å². The molecule has 0 saturated carbocycles. The first-order chi connectivity index (χ1) is 10.6. The Bertz CT molecular complexity index is 608. The van der Waals surface area contributed by atoms with Crippen LogP contribution in [0.5, 0.6) is 0 Å². The van der Waals surface area contributed by atoms with Crippen molar-refractivity contribution in [3.05, 3.63) is 51.7 Å². The molecule has 22 heavy (non-hydrogen) atoms. The van der Waals surface area contributed by atoms with Crippen LogP contribution in [0.15, 0.2) is 29.6 Å². The molecule has 0 atom stereocenters. The minimum Gasteiger partial charge on any atom is -0.346 e. The number of benzene rings is 1. The molecule has 0 spiro atoms. The van der Waals surface area contributed by atoms with Gasteiger partial charge in [-0.1, -0.05) is 13.8 Å². The summed E-state index contributed by atoms with van der Waals surface area (Å²) >= 11 is 1.54. The predicted octanol–water partition coefficient (Wildman–Crippen LogP) is 3.05. The molecular weight excluding hydrogens is 301 g/mol. The lowest BCUT2D eigenvalue weighted by Crippen LogP contribution is -2.23. The van der Waals surface area contributed by atoms with Gasteiger partial charge in [0.15, 0.2) is 0 Å². The molecule has 1 amide bonds. The minimum absolute atomic E-state index is 0.222. The molecule has 2 aromatic rings. The highest BCUT2D eigenvalue weighted by molar-refractivity contribution is 7.09. The monoisotopic (exact) mass is 321 g/mol. The van der Waals surface area contributed by atoms with Crippen molar-refractivity contribution >= 4 is 17.2 Å². The Morgan fingerprint density at radius 1 is 1.27 bits per heavy atom. The van der Waals surface area contributed by atoms with Crippen molar-refractivity contribution in [2.45, 2.75) is 26.9 Å². The average molecular weight is 321 g/mol. The van der Waals surface area contributed by atoms with E-state index in [1.165, 1.54) is 35.6 Å². The van der Waals surface area contributed by atoms with E-state index in [-0.39, 0.29) is 11.7 Å². The van der Waals surface area contributed by atoms with E-state index >= 15 is 0 Å². The third-order valence-corrected chi connectivity index (χ3v) is 4.28. The fraction of sp³-hybridized carbons (Fsp3) is 0.375. The van der Waals surface area contributed by atoms with Gasteiger partial charge in [0.2, 0.25) is 0 Å². The van der Waals surface area contributed by atoms with Gasteiger partial charge in [0.25, 0.3) is 5.91 Å². The second-order valence-electron chi connectivity index (χ2n) is 4.88. The number of amides is 1. The van der Waals surface area contributed by atoms with Crippen LogP contribution in [0.25, 0.3) is 0 Å². The minimum atomic E-state index is -0.350. The second-order valence-corrected chi connectivity index (χ2v) is 5.83. The van der Waals surface area contributed by atoms with Crippen molar-refractivity contribution in [2.24, 2.45) is 0 Å². The maximum atomic E-state index is 12.8. The van der Waals surface area contributed by atoms with E-state index in [0.29, 0.717) is 12.1 Å². The SMILES string of the molecule is CCN(CC)Cc1csc(CNC(=O)c2ccc(F)cc2)n1. The molecule has 118 valence electrons. The summed E-state index contributed by atoms with van der Waals surface area (Å²) in [6.07, 6.45) is 0. The van der Waals surface area contributed by atoms with Crippen molar-refractivity contribution in [2.75, 3.05) is 13.1 Å². The molecule has 0 fully saturated rings. The van der Waals surface area contributed by atoms with Gasteiger partial charge in [0.05, 0.1) is 12.2 Å². The Morgan fingerprint density at radius 3 is 2.59 bits per heavy atom. The molecule has 0 aliphatic carbocycles. The topological polar surface area (TPSA) is 45.2 Å². The fourth-order valence-electron chi connectivity index (χ4n) is 2.04. The van der Waals surface area contributed by atoms with Gasteiger partial charge in [-0.3, -0.25) is 9.69 Å². The quantitative estimate of drug-likeness (QED) is 0.852. The third kappa shape index (κ3) is 4.61. The summed E-state index contributed by atoms with van der Waals surface area (Å²) in [6, 6.07) is 5.50. The Morgan fingerprint density at radius 2 is 1.95 bits per heavy atom. The summed E-state index contributed by atoms with van der Waals surface area (Å²) < 4.78 is 12.8. The highest BCUT2D eigenvalue weighted by atomic mass is 32.1. The van der Waals surface area contributed by atoms with Crippen LogP contribution < -0.4 is 5.32 Å². The smallest absolute Gasteiger partial charge is 0.251 e. The molecule has 0 unspecified atom stereocenters. The van der Waals surface area contributed by atoms with Crippen molar-refractivity contribution in [1.29, 1.82) is 0 Å². The van der Waals surface area contributed by atoms with Gasteiger partial charge in [0, 0.05) is 17.5 Å². The normalized spacial score (nSPS) is 10.9. The number of aromatic nitrogens is 1. The molecule has 0 aliphatic heterocycles. The summed E-state index contributed by atoms with van der Waals surface area (Å²) in [7, 11) is 0. The Balaban J connectivity index is 1.88. The highest BCUT2D eigenvalue weighted by Crippen LogP contribution is 2.12. The number of carbonyl (C=O) groups is 1. The number of thiazole rings is 1. The number of hydrogen-bond donors (Lipinski definition) is 1. The maximum absolute atomic E-state index is 12.8. The first kappa shape index (κ1) is 16.6. The lowest BCUT2D eigenvalue weighted by Gasteiger charge is -2.15. The molecule has 1 heterocycles. The van der Waals surface area contributed by atoms with Gasteiger partial charge >= 0.3 is 0 Å². The van der Waals surface area contributed by atoms with Gasteiger partial charge in [-0.2, -0.15) is 0 Å². The zero-order valence-corrected chi connectivity index (χ0v) is 13.6. The van der Waals surface area contributed by atoms with Crippen LogP contribution in [0.1, 0.15) is 34.9 Å². The second kappa shape index (κ2) is 8.00. The van der Waals surface area contributed by atoms with Gasteiger partial charge in [-0.15, -0.1) is 11.3 Å². The van der Waals surface area contributed by atoms with Gasteiger partial charge in [-0.25, -0.2) is 9.37 Å². The maximum Gasteiger partial charge on any atom is 0.251 e. The van der Waals surface area contributed by atoms with Crippen LogP contribution in [0.2, 0.25) is 0 Å². The highest BCUT2D eigenvalue weighted by Gasteiger charge is 2.09. The zero-order chi connectivity index (χ0) is 15.9. The number of nitrogens with one attached hydrogen (secondary N) is 1. The lowest BCUT2D eigenvalue weighted by molar-refractivity contribution is 0.0951. The molecule has 1 N–H and O–H groups in total. The molecule has 4 nitrogen and oxygen atoms in total. The standard InChI is InChI=1S/C16H20FN3OS/c1-3-20(4-2)10-14-11-22-15(19-14)9-18-16(21)12-5-7-13(17)8-6-12/h5-8,11H,3-4,9-10H2,1-2H3,(H,18,21). The van der Waals surface area contributed by atoms with E-state index in [9.17, 15) is 9.18 Å². The van der Waals surface area contributed by atoms with Crippen LogP contribution in [-0.2, 0) is 13.1 Å². The summed E-state index contributed by atoms with van der Waals surface area (Å²) in [5.41, 5.74) is 1.47. The predicted molar refractivity (Wildman–Crippen MR) is 86.3 cm³/mol. The van der Waals surface area contributed by atoms with E-state index in [1.54, 1.807) is 0 Å². The largest absolute Gasteiger partial charge is 0.346 e. The summed E-state index contributed by atoms with van der Waals surface area (Å²) in [5.74, 6) is -0.571. The van der Waals surface area contributed by atoms with Crippen molar-refractivity contribution in [1.82, 2.24) is 15.2 Å². The Hall–Kier alpha value is -1.79. The molecule has 2 rings (SSSR count). The number of hydrogen-bond acceptors (Lipinski definition) is 4. The van der Waals surface area contributed by atoms with Crippen molar-refractivity contribution < 1.29 is 9.18 Å². The first-order valence-electron chi connectivity index (χ1n) is 7.31. The number of halogens is 1. The van der Waals surface area contributed by atoms with Gasteiger partial charge < -0.3 is 5.32 Å². The van der Waals surface area contributed by atoms with E-state index in [0.717, 1.165) is 30.3 Å². The van der Waals surface area contributed by atoms with Crippen LogP contribution in [0, 0.1) is 5.82 Å². The fourth-order valence-corrected chi connectivity index (χ4v) is 2.76. The summed E-state index contributed by atoms with van der Waals surface area (Å²) in [6.45, 7) is 7.45.